The van der Waals surface area contributed by atoms with Gasteiger partial charge in [-0.25, -0.2) is 0 Å². The van der Waals surface area contributed by atoms with E-state index in [4.69, 9.17) is 9.15 Å². The number of phenolic OH excluding ortho intramolecular Hbond substituents is 1. The molecule has 3 rings (SSSR count). The van der Waals surface area contributed by atoms with Gasteiger partial charge in [-0.2, -0.15) is 0 Å². The monoisotopic (exact) mass is 337 g/mol. The molecule has 0 aliphatic rings. The fraction of sp³-hybridized carbons (Fsp3) is 0.150. The van der Waals surface area contributed by atoms with Gasteiger partial charge in [0.15, 0.2) is 0 Å². The molecule has 0 saturated heterocycles. The van der Waals surface area contributed by atoms with Crippen LogP contribution in [0.1, 0.15) is 21.7 Å². The summed E-state index contributed by atoms with van der Waals surface area (Å²) in [6.45, 7) is 0.588. The number of nitrogens with zero attached hydrogens (tertiary/aromatic N) is 1. The summed E-state index contributed by atoms with van der Waals surface area (Å²) in [7, 11) is 1.58. The molecule has 0 aliphatic heterocycles. The van der Waals surface area contributed by atoms with Crippen molar-refractivity contribution in [3.8, 4) is 11.5 Å². The van der Waals surface area contributed by atoms with Gasteiger partial charge in [-0.15, -0.1) is 0 Å². The van der Waals surface area contributed by atoms with Crippen molar-refractivity contribution in [3.63, 3.8) is 0 Å². The molecular weight excluding hydrogens is 318 g/mol. The molecule has 0 radical (unpaired) electrons. The molecule has 0 unspecified atom stereocenters. The summed E-state index contributed by atoms with van der Waals surface area (Å²) in [5.41, 5.74) is 1.22. The molecule has 128 valence electrons. The lowest BCUT2D eigenvalue weighted by Crippen LogP contribution is -2.30. The summed E-state index contributed by atoms with van der Waals surface area (Å²) in [5.74, 6) is 1.38. The van der Waals surface area contributed by atoms with Gasteiger partial charge in [0.2, 0.25) is 0 Å². The first-order valence-corrected chi connectivity index (χ1v) is 7.90. The van der Waals surface area contributed by atoms with E-state index in [9.17, 15) is 9.90 Å². The van der Waals surface area contributed by atoms with Crippen LogP contribution in [0.3, 0.4) is 0 Å². The Morgan fingerprint density at radius 3 is 2.44 bits per heavy atom. The van der Waals surface area contributed by atoms with E-state index >= 15 is 0 Å². The molecule has 1 aromatic heterocycles. The van der Waals surface area contributed by atoms with E-state index in [0.29, 0.717) is 29.2 Å². The maximum Gasteiger partial charge on any atom is 0.254 e. The van der Waals surface area contributed by atoms with E-state index in [0.717, 1.165) is 0 Å². The minimum Gasteiger partial charge on any atom is -0.508 e. The molecule has 5 nitrogen and oxygen atoms in total. The van der Waals surface area contributed by atoms with Crippen LogP contribution in [0, 0.1) is 0 Å². The topological polar surface area (TPSA) is 62.9 Å². The molecule has 1 amide bonds. The Balaban J connectivity index is 1.86. The van der Waals surface area contributed by atoms with Gasteiger partial charge in [0, 0.05) is 11.1 Å². The Hall–Kier alpha value is -3.21. The second-order valence-corrected chi connectivity index (χ2v) is 5.60. The Labute approximate surface area is 146 Å². The number of carbonyl (C=O) groups is 1. The van der Waals surface area contributed by atoms with Crippen molar-refractivity contribution in [2.45, 2.75) is 13.1 Å². The van der Waals surface area contributed by atoms with Crippen LogP contribution in [-0.2, 0) is 13.1 Å². The minimum absolute atomic E-state index is 0.151. The maximum atomic E-state index is 12.9. The van der Waals surface area contributed by atoms with Crippen LogP contribution < -0.4 is 4.74 Å². The summed E-state index contributed by atoms with van der Waals surface area (Å²) in [4.78, 5) is 14.6. The lowest BCUT2D eigenvalue weighted by Gasteiger charge is -2.22. The highest BCUT2D eigenvalue weighted by Gasteiger charge is 2.19. The van der Waals surface area contributed by atoms with Gasteiger partial charge in [-0.3, -0.25) is 4.79 Å². The van der Waals surface area contributed by atoms with E-state index in [1.807, 2.05) is 12.1 Å². The van der Waals surface area contributed by atoms with Gasteiger partial charge in [-0.05, 0) is 42.5 Å². The summed E-state index contributed by atoms with van der Waals surface area (Å²) in [6.07, 6.45) is 1.57. The van der Waals surface area contributed by atoms with Crippen LogP contribution in [-0.4, -0.2) is 23.0 Å². The van der Waals surface area contributed by atoms with Gasteiger partial charge in [0.05, 0.1) is 26.5 Å². The number of ether oxygens (including phenoxy) is 1. The fourth-order valence-corrected chi connectivity index (χ4v) is 2.56. The SMILES string of the molecule is COc1ccc(C(=O)N(Cc2ccco2)Cc2ccccc2O)cc1. The summed E-state index contributed by atoms with van der Waals surface area (Å²) in [5, 5.41) is 10.0. The average molecular weight is 337 g/mol. The number of para-hydroxylation sites is 1. The standard InChI is InChI=1S/C20H19NO4/c1-24-17-10-8-15(9-11-17)20(23)21(14-18-6-4-12-25-18)13-16-5-2-3-7-19(16)22/h2-12,22H,13-14H2,1H3. The molecule has 0 spiro atoms. The van der Waals surface area contributed by atoms with Crippen LogP contribution in [0.2, 0.25) is 0 Å². The number of aromatic hydroxyl groups is 1. The van der Waals surface area contributed by atoms with Crippen LogP contribution >= 0.6 is 0 Å². The van der Waals surface area contributed by atoms with Crippen molar-refractivity contribution in [2.24, 2.45) is 0 Å². The van der Waals surface area contributed by atoms with E-state index in [2.05, 4.69) is 0 Å². The van der Waals surface area contributed by atoms with E-state index in [1.54, 1.807) is 66.8 Å². The summed E-state index contributed by atoms with van der Waals surface area (Å²) in [6, 6.07) is 17.5. The first-order chi connectivity index (χ1) is 12.2. The van der Waals surface area contributed by atoms with E-state index in [-0.39, 0.29) is 18.2 Å². The predicted octanol–water partition coefficient (Wildman–Crippen LogP) is 3.84. The lowest BCUT2D eigenvalue weighted by molar-refractivity contribution is 0.0716. The van der Waals surface area contributed by atoms with Crippen LogP contribution in [0.25, 0.3) is 0 Å². The number of hydrogen-bond donors (Lipinski definition) is 1. The van der Waals surface area contributed by atoms with Crippen molar-refractivity contribution in [2.75, 3.05) is 7.11 Å². The smallest absolute Gasteiger partial charge is 0.254 e. The number of rotatable bonds is 6. The zero-order valence-electron chi connectivity index (χ0n) is 13.9. The number of amides is 1. The molecule has 0 saturated carbocycles. The molecule has 0 atom stereocenters. The molecule has 25 heavy (non-hydrogen) atoms. The van der Waals surface area contributed by atoms with Crippen LogP contribution in [0.4, 0.5) is 0 Å². The molecule has 1 heterocycles. The Bertz CT molecular complexity index is 825. The van der Waals surface area contributed by atoms with E-state index < -0.39 is 0 Å². The fourth-order valence-electron chi connectivity index (χ4n) is 2.56. The number of furan rings is 1. The Morgan fingerprint density at radius 1 is 1.04 bits per heavy atom. The van der Waals surface area contributed by atoms with Crippen molar-refractivity contribution in [3.05, 3.63) is 83.8 Å². The lowest BCUT2D eigenvalue weighted by atomic mass is 10.1. The number of hydrogen-bond acceptors (Lipinski definition) is 4. The zero-order chi connectivity index (χ0) is 17.6. The van der Waals surface area contributed by atoms with Crippen LogP contribution in [0.15, 0.2) is 71.3 Å². The number of carbonyl (C=O) groups excluding carboxylic acids is 1. The van der Waals surface area contributed by atoms with Crippen molar-refractivity contribution in [1.82, 2.24) is 4.90 Å². The highest BCUT2D eigenvalue weighted by atomic mass is 16.5. The second-order valence-electron chi connectivity index (χ2n) is 5.60. The Kier molecular flexibility index (Phi) is 5.04. The predicted molar refractivity (Wildman–Crippen MR) is 93.4 cm³/mol. The number of phenols is 1. The number of benzene rings is 2. The van der Waals surface area contributed by atoms with Gasteiger partial charge in [-0.1, -0.05) is 18.2 Å². The van der Waals surface area contributed by atoms with Gasteiger partial charge >= 0.3 is 0 Å². The van der Waals surface area contributed by atoms with Crippen LogP contribution in [0.5, 0.6) is 11.5 Å². The quantitative estimate of drug-likeness (QED) is 0.742. The number of methoxy groups -OCH3 is 1. The van der Waals surface area contributed by atoms with Gasteiger partial charge in [0.1, 0.15) is 17.3 Å². The first-order valence-electron chi connectivity index (χ1n) is 7.90. The highest BCUT2D eigenvalue weighted by Crippen LogP contribution is 2.21. The third-order valence-electron chi connectivity index (χ3n) is 3.90. The third kappa shape index (κ3) is 4.01. The summed E-state index contributed by atoms with van der Waals surface area (Å²) < 4.78 is 10.5. The molecule has 0 aliphatic carbocycles. The summed E-state index contributed by atoms with van der Waals surface area (Å²) >= 11 is 0. The van der Waals surface area contributed by atoms with Gasteiger partial charge < -0.3 is 19.2 Å². The third-order valence-corrected chi connectivity index (χ3v) is 3.90. The largest absolute Gasteiger partial charge is 0.508 e. The average Bonchev–Trinajstić information content (AvgIpc) is 3.15. The highest BCUT2D eigenvalue weighted by molar-refractivity contribution is 5.94. The second kappa shape index (κ2) is 7.57. The molecule has 0 fully saturated rings. The van der Waals surface area contributed by atoms with Crippen molar-refractivity contribution in [1.29, 1.82) is 0 Å². The molecule has 3 aromatic rings. The normalized spacial score (nSPS) is 10.4. The zero-order valence-corrected chi connectivity index (χ0v) is 13.9. The molecule has 1 N–H and O–H groups in total. The maximum absolute atomic E-state index is 12.9. The van der Waals surface area contributed by atoms with Gasteiger partial charge in [0.25, 0.3) is 5.91 Å². The van der Waals surface area contributed by atoms with E-state index in [1.165, 1.54) is 0 Å². The Morgan fingerprint density at radius 2 is 1.80 bits per heavy atom. The molecule has 0 bridgehead atoms. The molecule has 2 aromatic carbocycles. The van der Waals surface area contributed by atoms with Crippen molar-refractivity contribution < 1.29 is 19.1 Å². The first kappa shape index (κ1) is 16.6. The molecular formula is C20H19NO4. The minimum atomic E-state index is -0.151. The molecule has 5 heteroatoms. The van der Waals surface area contributed by atoms with Crippen molar-refractivity contribution >= 4 is 5.91 Å².